The second-order valence-corrected chi connectivity index (χ2v) is 5.98. The van der Waals surface area contributed by atoms with Crippen LogP contribution in [0.2, 0.25) is 0 Å². The summed E-state index contributed by atoms with van der Waals surface area (Å²) in [6.45, 7) is 1.77. The van der Waals surface area contributed by atoms with Crippen LogP contribution in [0, 0.1) is 0 Å². The molecule has 0 aliphatic carbocycles. The Balaban J connectivity index is 2.17. The number of anilines is 1. The van der Waals surface area contributed by atoms with E-state index < -0.39 is 5.91 Å². The van der Waals surface area contributed by atoms with Gasteiger partial charge in [-0.2, -0.15) is 0 Å². The number of benzene rings is 1. The molecule has 2 aromatic rings. The second-order valence-electron chi connectivity index (χ2n) is 5.98. The van der Waals surface area contributed by atoms with Gasteiger partial charge in [-0.3, -0.25) is 9.59 Å². The van der Waals surface area contributed by atoms with E-state index in [1.165, 1.54) is 27.4 Å². The molecule has 1 amide bonds. The molecule has 0 aliphatic rings. The number of nitrogens with one attached hydrogen (secondary N) is 1. The van der Waals surface area contributed by atoms with Crippen molar-refractivity contribution < 1.29 is 28.8 Å². The number of carbonyl (C=O) groups excluding carboxylic acids is 1. The summed E-state index contributed by atoms with van der Waals surface area (Å²) in [4.78, 5) is 24.5. The zero-order valence-electron chi connectivity index (χ0n) is 17.0. The molecular weight excluding hydrogens is 380 g/mol. The molecule has 9 heteroatoms. The Labute approximate surface area is 168 Å². The molecule has 1 aromatic heterocycles. The van der Waals surface area contributed by atoms with Crippen LogP contribution in [-0.4, -0.2) is 50.1 Å². The number of hydrogen-bond acceptors (Lipinski definition) is 7. The summed E-state index contributed by atoms with van der Waals surface area (Å²) in [6, 6.07) is 4.53. The van der Waals surface area contributed by atoms with E-state index in [1.54, 1.807) is 22.9 Å². The minimum Gasteiger partial charge on any atom is -0.493 e. The highest BCUT2D eigenvalue weighted by Crippen LogP contribution is 2.39. The maximum atomic E-state index is 12.4. The predicted molar refractivity (Wildman–Crippen MR) is 107 cm³/mol. The zero-order valence-corrected chi connectivity index (χ0v) is 17.0. The fourth-order valence-electron chi connectivity index (χ4n) is 2.92. The number of pyridine rings is 1. The van der Waals surface area contributed by atoms with Crippen molar-refractivity contribution in [2.45, 2.75) is 19.9 Å². The smallest absolute Gasteiger partial charge is 0.262 e. The molecule has 0 fully saturated rings. The van der Waals surface area contributed by atoms with Gasteiger partial charge in [-0.05, 0) is 6.42 Å². The Morgan fingerprint density at radius 3 is 2.28 bits per heavy atom. The normalized spacial score (nSPS) is 10.4. The lowest BCUT2D eigenvalue weighted by Crippen LogP contribution is -2.24. The third-order valence-electron chi connectivity index (χ3n) is 4.21. The topological polar surface area (TPSA) is 108 Å². The molecule has 158 valence electrons. The van der Waals surface area contributed by atoms with Gasteiger partial charge in [0.25, 0.3) is 5.91 Å². The number of nitrogens with zero attached hydrogens (tertiary/aromatic N) is 1. The van der Waals surface area contributed by atoms with E-state index in [0.717, 1.165) is 0 Å². The van der Waals surface area contributed by atoms with Gasteiger partial charge < -0.3 is 33.9 Å². The van der Waals surface area contributed by atoms with Crippen LogP contribution in [0.1, 0.15) is 12.6 Å². The number of aromatic nitrogens is 1. The van der Waals surface area contributed by atoms with Crippen molar-refractivity contribution in [3.63, 3.8) is 0 Å². The van der Waals surface area contributed by atoms with Crippen LogP contribution < -0.4 is 29.7 Å². The van der Waals surface area contributed by atoms with E-state index >= 15 is 0 Å². The van der Waals surface area contributed by atoms with E-state index in [-0.39, 0.29) is 24.4 Å². The van der Waals surface area contributed by atoms with Gasteiger partial charge in [-0.25, -0.2) is 0 Å². The molecule has 1 heterocycles. The number of aliphatic hydroxyl groups excluding tert-OH is 1. The first kappa shape index (κ1) is 22.1. The van der Waals surface area contributed by atoms with Crippen molar-refractivity contribution in [3.05, 3.63) is 40.3 Å². The summed E-state index contributed by atoms with van der Waals surface area (Å²) >= 11 is 0. The Kier molecular flexibility index (Phi) is 7.90. The molecule has 0 saturated carbocycles. The molecule has 0 atom stereocenters. The summed E-state index contributed by atoms with van der Waals surface area (Å²) in [5.74, 6) is 0.838. The second kappa shape index (κ2) is 10.4. The lowest BCUT2D eigenvalue weighted by Gasteiger charge is -2.16. The number of amides is 1. The van der Waals surface area contributed by atoms with Crippen LogP contribution in [0.5, 0.6) is 23.0 Å². The molecule has 0 spiro atoms. The van der Waals surface area contributed by atoms with E-state index in [4.69, 9.17) is 18.9 Å². The Bertz CT molecular complexity index is 883. The maximum absolute atomic E-state index is 12.4. The summed E-state index contributed by atoms with van der Waals surface area (Å²) in [7, 11) is 4.44. The van der Waals surface area contributed by atoms with Gasteiger partial charge in [0.2, 0.25) is 11.2 Å². The first-order chi connectivity index (χ1) is 14.0. The van der Waals surface area contributed by atoms with Crippen LogP contribution in [0.25, 0.3) is 0 Å². The lowest BCUT2D eigenvalue weighted by molar-refractivity contribution is -0.118. The van der Waals surface area contributed by atoms with Crippen LogP contribution in [0.15, 0.2) is 29.2 Å². The molecule has 29 heavy (non-hydrogen) atoms. The molecule has 0 bridgehead atoms. The SMILES string of the molecule is CCc1c(OCC(=O)Nc2cc(OC)c(OC)c(OC)c2)c(=O)ccn1CCO. The average molecular weight is 406 g/mol. The lowest BCUT2D eigenvalue weighted by atomic mass is 10.2. The minimum absolute atomic E-state index is 0.0725. The summed E-state index contributed by atoms with van der Waals surface area (Å²) < 4.78 is 23.0. The molecule has 0 aliphatic heterocycles. The van der Waals surface area contributed by atoms with Crippen molar-refractivity contribution >= 4 is 11.6 Å². The number of carbonyl (C=O) groups is 1. The molecule has 1 aromatic carbocycles. The van der Waals surface area contributed by atoms with Crippen LogP contribution >= 0.6 is 0 Å². The van der Waals surface area contributed by atoms with Gasteiger partial charge in [0.1, 0.15) is 0 Å². The van der Waals surface area contributed by atoms with Crippen molar-refractivity contribution in [3.8, 4) is 23.0 Å². The first-order valence-electron chi connectivity index (χ1n) is 9.04. The number of ether oxygens (including phenoxy) is 4. The third-order valence-corrected chi connectivity index (χ3v) is 4.21. The van der Waals surface area contributed by atoms with Gasteiger partial charge in [0, 0.05) is 36.6 Å². The van der Waals surface area contributed by atoms with E-state index in [1.807, 2.05) is 6.92 Å². The summed E-state index contributed by atoms with van der Waals surface area (Å²) in [5, 5.41) is 11.9. The van der Waals surface area contributed by atoms with E-state index in [0.29, 0.717) is 41.6 Å². The fourth-order valence-corrected chi connectivity index (χ4v) is 2.92. The standard InChI is InChI=1S/C20H26N2O7/c1-5-14-19(15(24)6-7-22(14)8-9-23)29-12-18(25)21-13-10-16(26-2)20(28-4)17(11-13)27-3/h6-7,10-11,23H,5,8-9,12H2,1-4H3,(H,21,25). The van der Waals surface area contributed by atoms with E-state index in [2.05, 4.69) is 5.32 Å². The predicted octanol–water partition coefficient (Wildman–Crippen LogP) is 1.45. The van der Waals surface area contributed by atoms with Gasteiger partial charge in [0.05, 0.1) is 33.6 Å². The summed E-state index contributed by atoms with van der Waals surface area (Å²) in [5.41, 5.74) is 0.721. The number of rotatable bonds is 10. The highest BCUT2D eigenvalue weighted by molar-refractivity contribution is 5.92. The molecule has 0 saturated heterocycles. The number of hydrogen-bond donors (Lipinski definition) is 2. The minimum atomic E-state index is -0.460. The van der Waals surface area contributed by atoms with E-state index in [9.17, 15) is 14.7 Å². The quantitative estimate of drug-likeness (QED) is 0.615. The molecular formula is C20H26N2O7. The van der Waals surface area contributed by atoms with Crippen molar-refractivity contribution in [1.29, 1.82) is 0 Å². The highest BCUT2D eigenvalue weighted by atomic mass is 16.5. The van der Waals surface area contributed by atoms with Crippen molar-refractivity contribution in [1.82, 2.24) is 4.57 Å². The third kappa shape index (κ3) is 5.20. The van der Waals surface area contributed by atoms with Crippen LogP contribution in [0.3, 0.4) is 0 Å². The Morgan fingerprint density at radius 2 is 1.76 bits per heavy atom. The van der Waals surface area contributed by atoms with Crippen molar-refractivity contribution in [2.24, 2.45) is 0 Å². The van der Waals surface area contributed by atoms with Crippen LogP contribution in [-0.2, 0) is 17.8 Å². The molecule has 0 unspecified atom stereocenters. The van der Waals surface area contributed by atoms with Gasteiger partial charge in [-0.15, -0.1) is 0 Å². The van der Waals surface area contributed by atoms with Crippen molar-refractivity contribution in [2.75, 3.05) is 39.9 Å². The Morgan fingerprint density at radius 1 is 1.10 bits per heavy atom. The van der Waals surface area contributed by atoms with Crippen LogP contribution in [0.4, 0.5) is 5.69 Å². The highest BCUT2D eigenvalue weighted by Gasteiger charge is 2.16. The first-order valence-corrected chi connectivity index (χ1v) is 9.04. The van der Waals surface area contributed by atoms with Gasteiger partial charge >= 0.3 is 0 Å². The Hall–Kier alpha value is -3.20. The number of methoxy groups -OCH3 is 3. The van der Waals surface area contributed by atoms with Gasteiger partial charge in [-0.1, -0.05) is 6.92 Å². The molecule has 0 radical (unpaired) electrons. The monoisotopic (exact) mass is 406 g/mol. The maximum Gasteiger partial charge on any atom is 0.262 e. The van der Waals surface area contributed by atoms with Gasteiger partial charge in [0.15, 0.2) is 23.9 Å². The average Bonchev–Trinajstić information content (AvgIpc) is 2.73. The molecule has 9 nitrogen and oxygen atoms in total. The fraction of sp³-hybridized carbons (Fsp3) is 0.400. The summed E-state index contributed by atoms with van der Waals surface area (Å²) in [6.07, 6.45) is 2.11. The zero-order chi connectivity index (χ0) is 21.4. The largest absolute Gasteiger partial charge is 0.493 e. The molecule has 2 N–H and O–H groups in total. The number of aliphatic hydroxyl groups is 1. The molecule has 2 rings (SSSR count).